The minimum absolute atomic E-state index is 0.115. The molecular weight excluding hydrogens is 352 g/mol. The molecule has 0 aliphatic carbocycles. The van der Waals surface area contributed by atoms with E-state index in [0.29, 0.717) is 13.2 Å². The molecule has 0 saturated heterocycles. The second kappa shape index (κ2) is 7.72. The zero-order valence-electron chi connectivity index (χ0n) is 14.6. The van der Waals surface area contributed by atoms with E-state index in [2.05, 4.69) is 10.3 Å². The summed E-state index contributed by atoms with van der Waals surface area (Å²) in [5.74, 6) is 0.377. The Balaban J connectivity index is 2.09. The molecular formula is C19H20N2O4S. The van der Waals surface area contributed by atoms with Crippen LogP contribution in [0.2, 0.25) is 0 Å². The molecule has 0 radical (unpaired) electrons. The predicted octanol–water partition coefficient (Wildman–Crippen LogP) is 3.54. The summed E-state index contributed by atoms with van der Waals surface area (Å²) < 4.78 is 36.8. The summed E-state index contributed by atoms with van der Waals surface area (Å²) in [6.07, 6.45) is 0. The molecule has 0 saturated carbocycles. The van der Waals surface area contributed by atoms with Crippen LogP contribution in [0.25, 0.3) is 11.5 Å². The van der Waals surface area contributed by atoms with Crippen molar-refractivity contribution in [3.63, 3.8) is 0 Å². The molecule has 3 aromatic rings. The van der Waals surface area contributed by atoms with E-state index >= 15 is 0 Å². The van der Waals surface area contributed by atoms with Crippen LogP contribution in [-0.4, -0.2) is 33.7 Å². The van der Waals surface area contributed by atoms with Crippen molar-refractivity contribution < 1.29 is 17.6 Å². The van der Waals surface area contributed by atoms with Gasteiger partial charge in [0.2, 0.25) is 26.6 Å². The number of nitrogens with zero attached hydrogens (tertiary/aromatic N) is 1. The predicted molar refractivity (Wildman–Crippen MR) is 98.9 cm³/mol. The van der Waals surface area contributed by atoms with E-state index in [1.807, 2.05) is 31.2 Å². The molecule has 0 atom stereocenters. The molecule has 3 rings (SSSR count). The number of hydrogen-bond acceptors (Lipinski definition) is 6. The van der Waals surface area contributed by atoms with Gasteiger partial charge in [0.15, 0.2) is 0 Å². The Labute approximate surface area is 152 Å². The SMILES string of the molecule is COCCNc1oc(-c2ccccc2C)nc1S(=O)(=O)c1ccccc1. The highest BCUT2D eigenvalue weighted by atomic mass is 32.2. The standard InChI is InChI=1S/C19H20N2O4S/c1-14-8-6-7-11-16(14)17-21-19(18(25-17)20-12-13-24-2)26(22,23)15-9-4-3-5-10-15/h3-11,20H,12-13H2,1-2H3. The third kappa shape index (κ3) is 3.63. The second-order valence-electron chi connectivity index (χ2n) is 5.70. The number of rotatable bonds is 7. The first kappa shape index (κ1) is 18.2. The lowest BCUT2D eigenvalue weighted by molar-refractivity contribution is 0.210. The van der Waals surface area contributed by atoms with E-state index in [1.165, 1.54) is 12.1 Å². The number of aryl methyl sites for hydroxylation is 1. The highest BCUT2D eigenvalue weighted by Gasteiger charge is 2.28. The maximum atomic E-state index is 13.0. The number of methoxy groups -OCH3 is 1. The lowest BCUT2D eigenvalue weighted by Gasteiger charge is -2.05. The van der Waals surface area contributed by atoms with Crippen LogP contribution in [0.5, 0.6) is 0 Å². The molecule has 0 amide bonds. The number of sulfone groups is 1. The van der Waals surface area contributed by atoms with Gasteiger partial charge in [0.1, 0.15) is 0 Å². The quantitative estimate of drug-likeness (QED) is 0.639. The molecule has 26 heavy (non-hydrogen) atoms. The monoisotopic (exact) mass is 372 g/mol. The summed E-state index contributed by atoms with van der Waals surface area (Å²) >= 11 is 0. The van der Waals surface area contributed by atoms with Crippen molar-refractivity contribution >= 4 is 15.7 Å². The minimum atomic E-state index is -3.81. The number of ether oxygens (including phenoxy) is 1. The summed E-state index contributed by atoms with van der Waals surface area (Å²) in [7, 11) is -2.24. The topological polar surface area (TPSA) is 81.4 Å². The van der Waals surface area contributed by atoms with E-state index in [0.717, 1.165) is 11.1 Å². The van der Waals surface area contributed by atoms with Gasteiger partial charge in [-0.25, -0.2) is 8.42 Å². The maximum absolute atomic E-state index is 13.0. The van der Waals surface area contributed by atoms with E-state index in [1.54, 1.807) is 25.3 Å². The number of benzene rings is 2. The van der Waals surface area contributed by atoms with Gasteiger partial charge < -0.3 is 14.5 Å². The molecule has 0 bridgehead atoms. The van der Waals surface area contributed by atoms with Crippen LogP contribution in [0.4, 0.5) is 5.88 Å². The van der Waals surface area contributed by atoms with Gasteiger partial charge >= 0.3 is 0 Å². The van der Waals surface area contributed by atoms with Gasteiger partial charge in [-0.2, -0.15) is 4.98 Å². The molecule has 0 aliphatic heterocycles. The Kier molecular flexibility index (Phi) is 5.39. The van der Waals surface area contributed by atoms with Crippen molar-refractivity contribution in [3.8, 4) is 11.5 Å². The first-order valence-corrected chi connectivity index (χ1v) is 9.62. The van der Waals surface area contributed by atoms with Gasteiger partial charge in [0.05, 0.1) is 11.5 Å². The van der Waals surface area contributed by atoms with Crippen molar-refractivity contribution in [2.45, 2.75) is 16.8 Å². The molecule has 0 aliphatic rings. The molecule has 0 fully saturated rings. The molecule has 0 unspecified atom stereocenters. The third-order valence-corrected chi connectivity index (χ3v) is 5.55. The maximum Gasteiger partial charge on any atom is 0.233 e. The van der Waals surface area contributed by atoms with Gasteiger partial charge in [0, 0.05) is 19.2 Å². The van der Waals surface area contributed by atoms with Gasteiger partial charge in [0.25, 0.3) is 0 Å². The Morgan fingerprint density at radius 2 is 1.77 bits per heavy atom. The molecule has 2 aromatic carbocycles. The molecule has 6 nitrogen and oxygen atoms in total. The smallest absolute Gasteiger partial charge is 0.233 e. The van der Waals surface area contributed by atoms with Crippen molar-refractivity contribution in [2.75, 3.05) is 25.6 Å². The van der Waals surface area contributed by atoms with Crippen LogP contribution < -0.4 is 5.32 Å². The minimum Gasteiger partial charge on any atom is -0.419 e. The summed E-state index contributed by atoms with van der Waals surface area (Å²) in [6.45, 7) is 2.73. The van der Waals surface area contributed by atoms with Crippen LogP contribution >= 0.6 is 0 Å². The van der Waals surface area contributed by atoms with Crippen LogP contribution in [0.1, 0.15) is 5.56 Å². The van der Waals surface area contributed by atoms with E-state index < -0.39 is 9.84 Å². The Morgan fingerprint density at radius 3 is 2.46 bits per heavy atom. The van der Waals surface area contributed by atoms with Crippen LogP contribution in [0.3, 0.4) is 0 Å². The van der Waals surface area contributed by atoms with Gasteiger partial charge in [-0.3, -0.25) is 0 Å². The average molecular weight is 372 g/mol. The zero-order valence-corrected chi connectivity index (χ0v) is 15.4. The Bertz CT molecular complexity index is 982. The van der Waals surface area contributed by atoms with Gasteiger partial charge in [-0.15, -0.1) is 0 Å². The summed E-state index contributed by atoms with van der Waals surface area (Å²) in [5.41, 5.74) is 1.69. The summed E-state index contributed by atoms with van der Waals surface area (Å²) in [5, 5.41) is 2.84. The highest BCUT2D eigenvalue weighted by Crippen LogP contribution is 2.33. The molecule has 1 N–H and O–H groups in total. The van der Waals surface area contributed by atoms with Crippen LogP contribution in [-0.2, 0) is 14.6 Å². The lowest BCUT2D eigenvalue weighted by Crippen LogP contribution is -2.11. The summed E-state index contributed by atoms with van der Waals surface area (Å²) in [6, 6.07) is 15.7. The fourth-order valence-corrected chi connectivity index (χ4v) is 3.81. The first-order valence-electron chi connectivity index (χ1n) is 8.14. The van der Waals surface area contributed by atoms with Crippen molar-refractivity contribution in [2.24, 2.45) is 0 Å². The fraction of sp³-hybridized carbons (Fsp3) is 0.211. The average Bonchev–Trinajstić information content (AvgIpc) is 3.08. The number of anilines is 1. The zero-order chi connectivity index (χ0) is 18.6. The molecule has 1 aromatic heterocycles. The van der Waals surface area contributed by atoms with Gasteiger partial charge in [-0.05, 0) is 30.7 Å². The van der Waals surface area contributed by atoms with E-state index in [-0.39, 0.29) is 21.7 Å². The second-order valence-corrected chi connectivity index (χ2v) is 7.57. The lowest BCUT2D eigenvalue weighted by atomic mass is 10.1. The number of hydrogen-bond donors (Lipinski definition) is 1. The van der Waals surface area contributed by atoms with Crippen LogP contribution in [0.15, 0.2) is 68.9 Å². The number of nitrogens with one attached hydrogen (secondary N) is 1. The van der Waals surface area contributed by atoms with Crippen molar-refractivity contribution in [1.29, 1.82) is 0 Å². The van der Waals surface area contributed by atoms with E-state index in [9.17, 15) is 8.42 Å². The molecule has 136 valence electrons. The summed E-state index contributed by atoms with van der Waals surface area (Å²) in [4.78, 5) is 4.48. The van der Waals surface area contributed by atoms with Gasteiger partial charge in [-0.1, -0.05) is 36.4 Å². The molecule has 1 heterocycles. The fourth-order valence-electron chi connectivity index (χ4n) is 2.51. The normalized spacial score (nSPS) is 11.5. The first-order chi connectivity index (χ1) is 12.5. The van der Waals surface area contributed by atoms with Crippen molar-refractivity contribution in [1.82, 2.24) is 4.98 Å². The van der Waals surface area contributed by atoms with E-state index in [4.69, 9.17) is 9.15 Å². The molecule has 7 heteroatoms. The third-order valence-electron chi connectivity index (χ3n) is 3.87. The van der Waals surface area contributed by atoms with Crippen LogP contribution in [0, 0.1) is 6.92 Å². The largest absolute Gasteiger partial charge is 0.419 e. The Hall–Kier alpha value is -2.64. The number of aromatic nitrogens is 1. The van der Waals surface area contributed by atoms with Crippen molar-refractivity contribution in [3.05, 3.63) is 60.2 Å². The molecule has 0 spiro atoms. The number of oxazole rings is 1. The Morgan fingerprint density at radius 1 is 1.08 bits per heavy atom. The highest BCUT2D eigenvalue weighted by molar-refractivity contribution is 7.91.